The van der Waals surface area contributed by atoms with Crippen LogP contribution in [-0.4, -0.2) is 18.5 Å². The lowest BCUT2D eigenvalue weighted by molar-refractivity contribution is -0.117. The Morgan fingerprint density at radius 2 is 1.74 bits per heavy atom. The maximum atomic E-state index is 11.8. The van der Waals surface area contributed by atoms with Gasteiger partial charge in [0.05, 0.1) is 0 Å². The molecule has 3 nitrogen and oxygen atoms in total. The molecule has 0 aromatic heterocycles. The van der Waals surface area contributed by atoms with Crippen molar-refractivity contribution in [2.75, 3.05) is 11.4 Å². The van der Waals surface area contributed by atoms with E-state index >= 15 is 0 Å². The van der Waals surface area contributed by atoms with Gasteiger partial charge in [0.25, 0.3) is 0 Å². The van der Waals surface area contributed by atoms with Gasteiger partial charge in [0, 0.05) is 24.7 Å². The number of nitrogens with two attached hydrogens (primary N) is 1. The molecule has 1 heterocycles. The summed E-state index contributed by atoms with van der Waals surface area (Å²) in [6, 6.07) is 8.55. The van der Waals surface area contributed by atoms with E-state index in [1.807, 2.05) is 4.90 Å². The zero-order valence-electron chi connectivity index (χ0n) is 11.3. The molecule has 1 aromatic carbocycles. The number of hydrogen-bond acceptors (Lipinski definition) is 2. The van der Waals surface area contributed by atoms with Crippen LogP contribution in [0, 0.1) is 0 Å². The van der Waals surface area contributed by atoms with Gasteiger partial charge in [-0.15, -0.1) is 0 Å². The summed E-state index contributed by atoms with van der Waals surface area (Å²) >= 11 is 0. The molecule has 2 fully saturated rings. The second kappa shape index (κ2) is 5.33. The second-order valence-corrected chi connectivity index (χ2v) is 5.90. The number of rotatable bonds is 2. The smallest absolute Gasteiger partial charge is 0.228 e. The van der Waals surface area contributed by atoms with Crippen LogP contribution in [0.3, 0.4) is 0 Å². The van der Waals surface area contributed by atoms with Gasteiger partial charge < -0.3 is 10.6 Å². The summed E-state index contributed by atoms with van der Waals surface area (Å²) in [6.07, 6.45) is 7.19. The normalized spacial score (nSPS) is 25.0. The highest BCUT2D eigenvalue weighted by atomic mass is 16.2. The molecule has 1 aliphatic heterocycles. The Labute approximate surface area is 114 Å². The number of amides is 1. The topological polar surface area (TPSA) is 46.3 Å². The highest BCUT2D eigenvalue weighted by molar-refractivity contribution is 5.96. The van der Waals surface area contributed by atoms with Crippen LogP contribution in [0.25, 0.3) is 0 Å². The lowest BCUT2D eigenvalue weighted by Gasteiger charge is -2.23. The minimum absolute atomic E-state index is 0.00878. The first-order valence-electron chi connectivity index (χ1n) is 7.40. The Kier molecular flexibility index (Phi) is 3.56. The predicted molar refractivity (Wildman–Crippen MR) is 77.2 cm³/mol. The molecule has 1 atom stereocenters. The van der Waals surface area contributed by atoms with E-state index in [-0.39, 0.29) is 11.9 Å². The monoisotopic (exact) mass is 258 g/mol. The quantitative estimate of drug-likeness (QED) is 0.886. The standard InChI is InChI=1S/C16H22N2O/c17-14-10-16(19)18(11-14)15-8-6-13(7-9-15)12-4-2-1-3-5-12/h6-9,12,14H,1-5,10-11,17H2. The van der Waals surface area contributed by atoms with Crippen molar-refractivity contribution in [2.24, 2.45) is 5.73 Å². The third kappa shape index (κ3) is 2.66. The molecule has 1 amide bonds. The van der Waals surface area contributed by atoms with Crippen molar-refractivity contribution in [3.8, 4) is 0 Å². The van der Waals surface area contributed by atoms with E-state index in [0.717, 1.165) is 11.6 Å². The van der Waals surface area contributed by atoms with Gasteiger partial charge >= 0.3 is 0 Å². The number of anilines is 1. The molecule has 102 valence electrons. The third-order valence-electron chi connectivity index (χ3n) is 4.44. The van der Waals surface area contributed by atoms with E-state index in [4.69, 9.17) is 5.73 Å². The lowest BCUT2D eigenvalue weighted by atomic mass is 9.84. The van der Waals surface area contributed by atoms with Crippen molar-refractivity contribution in [1.29, 1.82) is 0 Å². The summed E-state index contributed by atoms with van der Waals surface area (Å²) in [4.78, 5) is 13.6. The minimum atomic E-state index is -0.00878. The Hall–Kier alpha value is -1.35. The van der Waals surface area contributed by atoms with Gasteiger partial charge in [-0.05, 0) is 36.5 Å². The SMILES string of the molecule is NC1CC(=O)N(c2ccc(C3CCCCC3)cc2)C1. The van der Waals surface area contributed by atoms with E-state index < -0.39 is 0 Å². The fourth-order valence-electron chi connectivity index (χ4n) is 3.35. The molecule has 2 N–H and O–H groups in total. The Morgan fingerprint density at radius 1 is 1.05 bits per heavy atom. The molecule has 1 aromatic rings. The number of carbonyl (C=O) groups excluding carboxylic acids is 1. The zero-order chi connectivity index (χ0) is 13.2. The first kappa shape index (κ1) is 12.7. The Bertz CT molecular complexity index is 448. The van der Waals surface area contributed by atoms with Crippen molar-refractivity contribution in [1.82, 2.24) is 0 Å². The number of hydrogen-bond donors (Lipinski definition) is 1. The predicted octanol–water partition coefficient (Wildman–Crippen LogP) is 2.80. The number of carbonyl (C=O) groups is 1. The van der Waals surface area contributed by atoms with Gasteiger partial charge in [0.1, 0.15) is 0 Å². The average molecular weight is 258 g/mol. The summed E-state index contributed by atoms with van der Waals surface area (Å²) in [7, 11) is 0. The summed E-state index contributed by atoms with van der Waals surface area (Å²) in [6.45, 7) is 0.654. The largest absolute Gasteiger partial charge is 0.326 e. The van der Waals surface area contributed by atoms with Gasteiger partial charge in [0.15, 0.2) is 0 Å². The van der Waals surface area contributed by atoms with Crippen LogP contribution in [0.4, 0.5) is 5.69 Å². The first-order valence-corrected chi connectivity index (χ1v) is 7.40. The van der Waals surface area contributed by atoms with E-state index in [1.54, 1.807) is 0 Å². The van der Waals surface area contributed by atoms with E-state index in [2.05, 4.69) is 24.3 Å². The summed E-state index contributed by atoms with van der Waals surface area (Å²) in [5.41, 5.74) is 8.26. The molecule has 3 heteroatoms. The van der Waals surface area contributed by atoms with Gasteiger partial charge in [-0.1, -0.05) is 31.4 Å². The van der Waals surface area contributed by atoms with Crippen LogP contribution in [0.1, 0.15) is 50.0 Å². The third-order valence-corrected chi connectivity index (χ3v) is 4.44. The molecule has 1 saturated carbocycles. The molecule has 19 heavy (non-hydrogen) atoms. The van der Waals surface area contributed by atoms with Gasteiger partial charge in [0.2, 0.25) is 5.91 Å². The number of benzene rings is 1. The van der Waals surface area contributed by atoms with Crippen LogP contribution in [0.2, 0.25) is 0 Å². The van der Waals surface area contributed by atoms with Crippen LogP contribution >= 0.6 is 0 Å². The summed E-state index contributed by atoms with van der Waals surface area (Å²) in [5, 5.41) is 0. The molecule has 1 unspecified atom stereocenters. The second-order valence-electron chi connectivity index (χ2n) is 5.90. The summed E-state index contributed by atoms with van der Waals surface area (Å²) in [5.74, 6) is 0.872. The molecular weight excluding hydrogens is 236 g/mol. The molecule has 3 rings (SSSR count). The zero-order valence-corrected chi connectivity index (χ0v) is 11.3. The molecule has 0 radical (unpaired) electrons. The van der Waals surface area contributed by atoms with Crippen LogP contribution in [-0.2, 0) is 4.79 Å². The summed E-state index contributed by atoms with van der Waals surface area (Å²) < 4.78 is 0. The molecule has 1 aliphatic carbocycles. The van der Waals surface area contributed by atoms with Crippen molar-refractivity contribution >= 4 is 11.6 Å². The molecule has 2 aliphatic rings. The number of nitrogens with zero attached hydrogens (tertiary/aromatic N) is 1. The van der Waals surface area contributed by atoms with Gasteiger partial charge in [-0.25, -0.2) is 0 Å². The maximum absolute atomic E-state index is 11.8. The average Bonchev–Trinajstić information content (AvgIpc) is 2.79. The van der Waals surface area contributed by atoms with E-state index in [0.29, 0.717) is 13.0 Å². The van der Waals surface area contributed by atoms with Crippen LogP contribution in [0.5, 0.6) is 0 Å². The Morgan fingerprint density at radius 3 is 2.32 bits per heavy atom. The van der Waals surface area contributed by atoms with E-state index in [1.165, 1.54) is 37.7 Å². The molecule has 0 spiro atoms. The molecule has 0 bridgehead atoms. The molecular formula is C16H22N2O. The fraction of sp³-hybridized carbons (Fsp3) is 0.562. The lowest BCUT2D eigenvalue weighted by Crippen LogP contribution is -2.27. The fourth-order valence-corrected chi connectivity index (χ4v) is 3.35. The van der Waals surface area contributed by atoms with Crippen molar-refractivity contribution < 1.29 is 4.79 Å². The Balaban J connectivity index is 1.73. The van der Waals surface area contributed by atoms with Gasteiger partial charge in [-0.3, -0.25) is 4.79 Å². The van der Waals surface area contributed by atoms with Crippen molar-refractivity contribution in [3.05, 3.63) is 29.8 Å². The highest BCUT2D eigenvalue weighted by Gasteiger charge is 2.28. The van der Waals surface area contributed by atoms with Crippen LogP contribution in [0.15, 0.2) is 24.3 Å². The first-order chi connectivity index (χ1) is 9.24. The van der Waals surface area contributed by atoms with Crippen molar-refractivity contribution in [3.63, 3.8) is 0 Å². The van der Waals surface area contributed by atoms with Gasteiger partial charge in [-0.2, -0.15) is 0 Å². The van der Waals surface area contributed by atoms with E-state index in [9.17, 15) is 4.79 Å². The highest BCUT2D eigenvalue weighted by Crippen LogP contribution is 2.33. The van der Waals surface area contributed by atoms with Crippen molar-refractivity contribution in [2.45, 2.75) is 50.5 Å². The minimum Gasteiger partial charge on any atom is -0.326 e. The maximum Gasteiger partial charge on any atom is 0.228 e. The van der Waals surface area contributed by atoms with Crippen LogP contribution < -0.4 is 10.6 Å². The molecule has 1 saturated heterocycles.